The van der Waals surface area contributed by atoms with Crippen LogP contribution in [-0.2, 0) is 5.62 Å². The van der Waals surface area contributed by atoms with Gasteiger partial charge >= 0.3 is 0 Å². The van der Waals surface area contributed by atoms with Gasteiger partial charge in [0.1, 0.15) is 25.0 Å². The van der Waals surface area contributed by atoms with Gasteiger partial charge in [0.15, 0.2) is 15.7 Å². The van der Waals surface area contributed by atoms with Crippen LogP contribution in [0.2, 0.25) is 0 Å². The number of benzene rings is 1. The lowest BCUT2D eigenvalue weighted by molar-refractivity contribution is 0.130. The highest BCUT2D eigenvalue weighted by atomic mass is 19.1. The molecule has 3 nitrogen and oxygen atoms in total. The highest BCUT2D eigenvalue weighted by Gasteiger charge is 2.36. The van der Waals surface area contributed by atoms with E-state index in [9.17, 15) is 9.50 Å². The standard InChI is InChI=1S/C9H13B3FNO2/c10-7-5-4(16-8(7)11)2-1-3(13)6(5)9(12,14)15/h1-2,7-8,15H,10-12,14H2. The fourth-order valence-electron chi connectivity index (χ4n) is 2.18. The summed E-state index contributed by atoms with van der Waals surface area (Å²) in [5.74, 6) is 0.147. The van der Waals surface area contributed by atoms with Crippen LogP contribution in [0.5, 0.6) is 5.75 Å². The largest absolute Gasteiger partial charge is 0.500 e. The van der Waals surface area contributed by atoms with Crippen molar-refractivity contribution in [2.75, 3.05) is 0 Å². The topological polar surface area (TPSA) is 55.5 Å². The van der Waals surface area contributed by atoms with Crippen molar-refractivity contribution in [3.63, 3.8) is 0 Å². The third kappa shape index (κ3) is 1.64. The molecule has 1 heterocycles. The Balaban J connectivity index is 2.67. The predicted molar refractivity (Wildman–Crippen MR) is 67.3 cm³/mol. The first-order valence-corrected chi connectivity index (χ1v) is 5.33. The van der Waals surface area contributed by atoms with Crippen LogP contribution < -0.4 is 10.5 Å². The molecule has 1 aromatic rings. The minimum absolute atomic E-state index is 0.0238. The third-order valence-corrected chi connectivity index (χ3v) is 3.13. The maximum atomic E-state index is 13.7. The van der Waals surface area contributed by atoms with Crippen molar-refractivity contribution in [3.8, 4) is 5.75 Å². The average molecular weight is 219 g/mol. The van der Waals surface area contributed by atoms with Crippen LogP contribution in [0.15, 0.2) is 12.1 Å². The number of rotatable bonds is 1. The van der Waals surface area contributed by atoms with Crippen molar-refractivity contribution < 1.29 is 14.2 Å². The molecule has 1 aliphatic heterocycles. The summed E-state index contributed by atoms with van der Waals surface area (Å²) in [4.78, 5) is 0. The molecule has 1 aliphatic rings. The first kappa shape index (κ1) is 11.5. The minimum Gasteiger partial charge on any atom is -0.500 e. The number of hydrogen-bond acceptors (Lipinski definition) is 3. The van der Waals surface area contributed by atoms with Gasteiger partial charge in [-0.2, -0.15) is 0 Å². The molecule has 16 heavy (non-hydrogen) atoms. The van der Waals surface area contributed by atoms with E-state index in [1.807, 2.05) is 15.7 Å². The van der Waals surface area contributed by atoms with Gasteiger partial charge in [0, 0.05) is 11.1 Å². The summed E-state index contributed by atoms with van der Waals surface area (Å²) in [6.45, 7) is 0. The number of halogens is 1. The minimum atomic E-state index is -1.68. The average Bonchev–Trinajstić information content (AvgIpc) is 2.42. The summed E-state index contributed by atoms with van der Waals surface area (Å²) >= 11 is 0. The summed E-state index contributed by atoms with van der Waals surface area (Å²) in [7, 11) is 5.23. The van der Waals surface area contributed by atoms with Crippen LogP contribution >= 0.6 is 0 Å². The van der Waals surface area contributed by atoms with Gasteiger partial charge in [-0.25, -0.2) is 4.39 Å². The predicted octanol–water partition coefficient (Wildman–Crippen LogP) is -2.45. The molecule has 0 saturated carbocycles. The summed E-state index contributed by atoms with van der Waals surface area (Å²) in [6, 6.07) is 2.83. The van der Waals surface area contributed by atoms with E-state index in [-0.39, 0.29) is 17.4 Å². The van der Waals surface area contributed by atoms with E-state index in [1.54, 1.807) is 6.07 Å². The van der Waals surface area contributed by atoms with Crippen LogP contribution in [0, 0.1) is 5.82 Å². The van der Waals surface area contributed by atoms with Gasteiger partial charge in [-0.1, -0.05) is 0 Å². The first-order valence-electron chi connectivity index (χ1n) is 5.33. The molecule has 1 aromatic carbocycles. The molecule has 82 valence electrons. The molecule has 0 saturated heterocycles. The molecule has 3 N–H and O–H groups in total. The molecule has 0 fully saturated rings. The Morgan fingerprint density at radius 1 is 1.44 bits per heavy atom. The van der Waals surface area contributed by atoms with Gasteiger partial charge in [-0.3, -0.25) is 0 Å². The van der Waals surface area contributed by atoms with Gasteiger partial charge < -0.3 is 15.6 Å². The monoisotopic (exact) mass is 219 g/mol. The van der Waals surface area contributed by atoms with Crippen molar-refractivity contribution in [1.82, 2.24) is 0 Å². The molecule has 2 rings (SSSR count). The maximum Gasteiger partial charge on any atom is 0.168 e. The fraction of sp³-hybridized carbons (Fsp3) is 0.333. The Morgan fingerprint density at radius 2 is 2.06 bits per heavy atom. The summed E-state index contributed by atoms with van der Waals surface area (Å²) < 4.78 is 19.3. The second-order valence-electron chi connectivity index (χ2n) is 4.59. The SMILES string of the molecule is BC1Oc2ccc(F)c(C(B)(N)O)c2C1B. The van der Waals surface area contributed by atoms with Crippen LogP contribution in [-0.4, -0.2) is 34.6 Å². The number of ether oxygens (including phenoxy) is 1. The van der Waals surface area contributed by atoms with Gasteiger partial charge in [-0.15, -0.1) is 0 Å². The lowest BCUT2D eigenvalue weighted by Gasteiger charge is -2.23. The number of nitrogens with two attached hydrogens (primary N) is 1. The summed E-state index contributed by atoms with van der Waals surface area (Å²) in [5.41, 5.74) is 4.74. The van der Waals surface area contributed by atoms with E-state index in [0.29, 0.717) is 11.3 Å². The molecule has 0 spiro atoms. The van der Waals surface area contributed by atoms with Crippen LogP contribution in [0.3, 0.4) is 0 Å². The molecule has 0 aromatic heterocycles. The Kier molecular flexibility index (Phi) is 2.55. The van der Waals surface area contributed by atoms with E-state index in [2.05, 4.69) is 0 Å². The number of fused-ring (bicyclic) bond motifs is 1. The Hall–Kier alpha value is -0.935. The van der Waals surface area contributed by atoms with E-state index >= 15 is 0 Å². The highest BCUT2D eigenvalue weighted by Crippen LogP contribution is 2.40. The molecule has 3 unspecified atom stereocenters. The molecular formula is C9H13B3FNO2. The molecule has 0 radical (unpaired) electrons. The zero-order chi connectivity index (χ0) is 12.1. The molecule has 0 bridgehead atoms. The zero-order valence-electron chi connectivity index (χ0n) is 9.62. The lowest BCUT2D eigenvalue weighted by Crippen LogP contribution is -2.39. The fourth-order valence-corrected chi connectivity index (χ4v) is 2.18. The van der Waals surface area contributed by atoms with Gasteiger partial charge in [-0.05, 0) is 17.9 Å². The lowest BCUT2D eigenvalue weighted by atomic mass is 9.67. The van der Waals surface area contributed by atoms with Gasteiger partial charge in [0.05, 0.1) is 6.00 Å². The third-order valence-electron chi connectivity index (χ3n) is 3.13. The van der Waals surface area contributed by atoms with Crippen molar-refractivity contribution in [2.24, 2.45) is 5.73 Å². The molecule has 0 amide bonds. The normalized spacial score (nSPS) is 26.9. The van der Waals surface area contributed by atoms with Crippen LogP contribution in [0.1, 0.15) is 16.9 Å². The van der Waals surface area contributed by atoms with Crippen molar-refractivity contribution in [1.29, 1.82) is 0 Å². The van der Waals surface area contributed by atoms with E-state index < -0.39 is 11.4 Å². The second kappa shape index (κ2) is 3.53. The zero-order valence-corrected chi connectivity index (χ0v) is 9.62. The Labute approximate surface area is 96.4 Å². The smallest absolute Gasteiger partial charge is 0.168 e. The molecule has 0 aliphatic carbocycles. The Bertz CT molecular complexity index is 435. The second-order valence-corrected chi connectivity index (χ2v) is 4.59. The molecule has 7 heteroatoms. The number of hydrogen-bond donors (Lipinski definition) is 2. The van der Waals surface area contributed by atoms with E-state index in [0.717, 1.165) is 0 Å². The number of aliphatic hydroxyl groups is 1. The van der Waals surface area contributed by atoms with Crippen molar-refractivity contribution in [2.45, 2.75) is 17.4 Å². The Morgan fingerprint density at radius 3 is 2.62 bits per heavy atom. The first-order chi connectivity index (χ1) is 7.32. The van der Waals surface area contributed by atoms with E-state index in [1.165, 1.54) is 13.9 Å². The van der Waals surface area contributed by atoms with E-state index in [4.69, 9.17) is 10.5 Å². The highest BCUT2D eigenvalue weighted by molar-refractivity contribution is 6.23. The summed E-state index contributed by atoms with van der Waals surface area (Å²) in [5, 5.41) is 9.82. The van der Waals surface area contributed by atoms with Gasteiger partial charge in [0.2, 0.25) is 0 Å². The van der Waals surface area contributed by atoms with Gasteiger partial charge in [0.25, 0.3) is 0 Å². The molecule has 3 atom stereocenters. The maximum absolute atomic E-state index is 13.7. The van der Waals surface area contributed by atoms with Crippen molar-refractivity contribution >= 4 is 23.5 Å². The van der Waals surface area contributed by atoms with Crippen LogP contribution in [0.25, 0.3) is 0 Å². The summed E-state index contributed by atoms with van der Waals surface area (Å²) in [6.07, 6.45) is 0. The quantitative estimate of drug-likeness (QED) is 0.406. The van der Waals surface area contributed by atoms with Crippen LogP contribution in [0.4, 0.5) is 4.39 Å². The van der Waals surface area contributed by atoms with Crippen molar-refractivity contribution in [3.05, 3.63) is 29.1 Å². The molecular weight excluding hydrogens is 206 g/mol.